The molecule has 1 heterocycles. The first-order chi connectivity index (χ1) is 8.99. The summed E-state index contributed by atoms with van der Waals surface area (Å²) in [5.74, 6) is 0. The average Bonchev–Trinajstić information content (AvgIpc) is 2.76. The monoisotopic (exact) mass is 314 g/mol. The van der Waals surface area contributed by atoms with Crippen LogP contribution in [0.25, 0.3) is 0 Å². The molecule has 1 atom stereocenters. The molecule has 0 spiro atoms. The Balaban J connectivity index is 2.45. The van der Waals surface area contributed by atoms with E-state index in [0.29, 0.717) is 16.1 Å². The smallest absolute Gasteiger partial charge is 0.114 e. The van der Waals surface area contributed by atoms with E-state index in [-0.39, 0.29) is 6.04 Å². The molecule has 2 rings (SSSR count). The summed E-state index contributed by atoms with van der Waals surface area (Å²) >= 11 is 14.1. The van der Waals surface area contributed by atoms with Gasteiger partial charge in [-0.05, 0) is 32.4 Å². The average molecular weight is 315 g/mol. The fourth-order valence-electron chi connectivity index (χ4n) is 1.88. The van der Waals surface area contributed by atoms with E-state index in [9.17, 15) is 0 Å². The maximum absolute atomic E-state index is 6.33. The Bertz CT molecular complexity index is 566. The quantitative estimate of drug-likeness (QED) is 0.873. The van der Waals surface area contributed by atoms with Gasteiger partial charge in [0.15, 0.2) is 0 Å². The second-order valence-corrected chi connectivity index (χ2v) is 6.40. The summed E-state index contributed by atoms with van der Waals surface area (Å²) in [5, 5.41) is 7.72. The topological polar surface area (TPSA) is 24.9 Å². The van der Waals surface area contributed by atoms with Gasteiger partial charge in [-0.3, -0.25) is 0 Å². The van der Waals surface area contributed by atoms with Crippen molar-refractivity contribution in [2.45, 2.75) is 32.9 Å². The molecule has 1 aromatic carbocycles. The van der Waals surface area contributed by atoms with Crippen LogP contribution in [0.5, 0.6) is 0 Å². The minimum atomic E-state index is -0.0232. The molecule has 0 amide bonds. The van der Waals surface area contributed by atoms with E-state index < -0.39 is 0 Å². The van der Waals surface area contributed by atoms with Crippen LogP contribution in [0.2, 0.25) is 10.0 Å². The number of rotatable bonds is 4. The predicted molar refractivity (Wildman–Crippen MR) is 83.4 cm³/mol. The number of nitrogens with zero attached hydrogens (tertiary/aromatic N) is 1. The van der Waals surface area contributed by atoms with Crippen molar-refractivity contribution in [2.24, 2.45) is 0 Å². The van der Waals surface area contributed by atoms with Crippen molar-refractivity contribution in [2.75, 3.05) is 0 Å². The Labute approximate surface area is 127 Å². The maximum Gasteiger partial charge on any atom is 0.114 e. The van der Waals surface area contributed by atoms with E-state index in [1.54, 1.807) is 17.4 Å². The number of benzene rings is 1. The number of aryl methyl sites for hydroxylation is 1. The van der Waals surface area contributed by atoms with E-state index in [4.69, 9.17) is 23.2 Å². The molecule has 5 heteroatoms. The lowest BCUT2D eigenvalue weighted by Gasteiger charge is -2.21. The van der Waals surface area contributed by atoms with Crippen LogP contribution < -0.4 is 5.32 Å². The molecule has 0 aliphatic heterocycles. The fourth-order valence-corrected chi connectivity index (χ4v) is 3.16. The van der Waals surface area contributed by atoms with Crippen LogP contribution in [0.15, 0.2) is 23.6 Å². The van der Waals surface area contributed by atoms with E-state index in [1.165, 1.54) is 0 Å². The first-order valence-electron chi connectivity index (χ1n) is 6.11. The van der Waals surface area contributed by atoms with Crippen molar-refractivity contribution >= 4 is 34.5 Å². The van der Waals surface area contributed by atoms with Crippen molar-refractivity contribution in [1.29, 1.82) is 0 Å². The number of thiazole rings is 1. The Hall–Kier alpha value is -0.610. The summed E-state index contributed by atoms with van der Waals surface area (Å²) in [4.78, 5) is 4.57. The van der Waals surface area contributed by atoms with Crippen molar-refractivity contribution in [3.05, 3.63) is 49.9 Å². The third-order valence-electron chi connectivity index (χ3n) is 2.68. The largest absolute Gasteiger partial charge is 0.302 e. The lowest BCUT2D eigenvalue weighted by atomic mass is 10.1. The molecule has 1 N–H and O–H groups in total. The second kappa shape index (κ2) is 6.23. The fraction of sp³-hybridized carbons (Fsp3) is 0.357. The molecule has 0 fully saturated rings. The highest BCUT2D eigenvalue weighted by Gasteiger charge is 2.21. The number of aromatic nitrogens is 1. The molecule has 1 aromatic heterocycles. The molecule has 0 saturated carbocycles. The molecule has 0 saturated heterocycles. The predicted octanol–water partition coefficient (Wildman–Crippen LogP) is 4.85. The van der Waals surface area contributed by atoms with Gasteiger partial charge in [0.2, 0.25) is 0 Å². The second-order valence-electron chi connectivity index (χ2n) is 4.72. The zero-order chi connectivity index (χ0) is 14.0. The molecule has 0 aliphatic rings. The van der Waals surface area contributed by atoms with Gasteiger partial charge in [-0.25, -0.2) is 4.98 Å². The molecule has 1 unspecified atom stereocenters. The summed E-state index contributed by atoms with van der Waals surface area (Å²) in [6.07, 6.45) is 0. The van der Waals surface area contributed by atoms with Gasteiger partial charge in [0.1, 0.15) is 5.01 Å². The lowest BCUT2D eigenvalue weighted by Crippen LogP contribution is -2.29. The van der Waals surface area contributed by atoms with Gasteiger partial charge in [-0.1, -0.05) is 35.3 Å². The number of hydrogen-bond donors (Lipinski definition) is 1. The van der Waals surface area contributed by atoms with Crippen molar-refractivity contribution in [3.8, 4) is 0 Å². The van der Waals surface area contributed by atoms with E-state index in [1.807, 2.05) is 24.4 Å². The van der Waals surface area contributed by atoms with Gasteiger partial charge in [-0.2, -0.15) is 0 Å². The zero-order valence-corrected chi connectivity index (χ0v) is 13.4. The first kappa shape index (κ1) is 14.8. The molecule has 0 radical (unpaired) electrons. The molecular weight excluding hydrogens is 299 g/mol. The van der Waals surface area contributed by atoms with Gasteiger partial charge in [0.05, 0.1) is 16.1 Å². The minimum Gasteiger partial charge on any atom is -0.302 e. The van der Waals surface area contributed by atoms with Gasteiger partial charge in [-0.15, -0.1) is 11.3 Å². The van der Waals surface area contributed by atoms with Crippen molar-refractivity contribution < 1.29 is 0 Å². The van der Waals surface area contributed by atoms with Gasteiger partial charge < -0.3 is 5.32 Å². The third kappa shape index (κ3) is 3.48. The van der Waals surface area contributed by atoms with Crippen LogP contribution in [0.4, 0.5) is 0 Å². The van der Waals surface area contributed by atoms with Crippen molar-refractivity contribution in [1.82, 2.24) is 10.3 Å². The Morgan fingerprint density at radius 1 is 1.26 bits per heavy atom. The number of nitrogens with one attached hydrogen (secondary N) is 1. The summed E-state index contributed by atoms with van der Waals surface area (Å²) in [7, 11) is 0. The molecule has 2 nitrogen and oxygen atoms in total. The summed E-state index contributed by atoms with van der Waals surface area (Å²) in [5.41, 5.74) is 1.99. The van der Waals surface area contributed by atoms with Crippen molar-refractivity contribution in [3.63, 3.8) is 0 Å². The summed E-state index contributed by atoms with van der Waals surface area (Å²) in [6, 6.07) is 6.01. The normalized spacial score (nSPS) is 12.9. The maximum atomic E-state index is 6.33. The highest BCUT2D eigenvalue weighted by molar-refractivity contribution is 7.09. The SMILES string of the molecule is Cc1csc(C(NC(C)C)c2cccc(Cl)c2Cl)n1. The van der Waals surface area contributed by atoms with Gasteiger partial charge >= 0.3 is 0 Å². The van der Waals surface area contributed by atoms with Gasteiger partial charge in [0, 0.05) is 17.1 Å². The highest BCUT2D eigenvalue weighted by atomic mass is 35.5. The molecule has 102 valence electrons. The molecular formula is C14H16Cl2N2S. The van der Waals surface area contributed by atoms with Gasteiger partial charge in [0.25, 0.3) is 0 Å². The van der Waals surface area contributed by atoms with Crippen LogP contribution in [0.3, 0.4) is 0 Å². The molecule has 0 aliphatic carbocycles. The summed E-state index contributed by atoms with van der Waals surface area (Å²) < 4.78 is 0. The molecule has 2 aromatic rings. The van der Waals surface area contributed by atoms with E-state index >= 15 is 0 Å². The lowest BCUT2D eigenvalue weighted by molar-refractivity contribution is 0.526. The van der Waals surface area contributed by atoms with Crippen LogP contribution in [0.1, 0.15) is 36.2 Å². The Kier molecular flexibility index (Phi) is 4.85. The first-order valence-corrected chi connectivity index (χ1v) is 7.74. The van der Waals surface area contributed by atoms with Crippen LogP contribution in [0, 0.1) is 6.92 Å². The summed E-state index contributed by atoms with van der Waals surface area (Å²) in [6.45, 7) is 6.20. The third-order valence-corrected chi connectivity index (χ3v) is 4.54. The molecule has 19 heavy (non-hydrogen) atoms. The minimum absolute atomic E-state index is 0.0232. The Morgan fingerprint density at radius 3 is 2.58 bits per heavy atom. The zero-order valence-electron chi connectivity index (χ0n) is 11.1. The molecule has 0 bridgehead atoms. The highest BCUT2D eigenvalue weighted by Crippen LogP contribution is 2.34. The number of halogens is 2. The van der Waals surface area contributed by atoms with Crippen LogP contribution in [-0.2, 0) is 0 Å². The van der Waals surface area contributed by atoms with Crippen LogP contribution in [-0.4, -0.2) is 11.0 Å². The van der Waals surface area contributed by atoms with E-state index in [0.717, 1.165) is 16.3 Å². The van der Waals surface area contributed by atoms with Crippen LogP contribution >= 0.6 is 34.5 Å². The Morgan fingerprint density at radius 2 is 2.00 bits per heavy atom. The number of hydrogen-bond acceptors (Lipinski definition) is 3. The standard InChI is InChI=1S/C14H16Cl2N2S/c1-8(2)17-13(14-18-9(3)7-19-14)10-5-4-6-11(15)12(10)16/h4-8,13,17H,1-3H3. The van der Waals surface area contributed by atoms with E-state index in [2.05, 4.69) is 24.1 Å².